The van der Waals surface area contributed by atoms with Gasteiger partial charge in [-0.15, -0.1) is 0 Å². The molecule has 1 rings (SSSR count). The maximum atomic E-state index is 10.9. The number of nitriles is 1. The minimum Gasteiger partial charge on any atom is -0.496 e. The largest absolute Gasteiger partial charge is 0.496 e. The van der Waals surface area contributed by atoms with E-state index in [0.717, 1.165) is 5.56 Å². The molecule has 0 aliphatic carbocycles. The molecule has 0 aliphatic heterocycles. The average molecular weight is 205 g/mol. The predicted molar refractivity (Wildman–Crippen MR) is 54.0 cm³/mol. The lowest BCUT2D eigenvalue weighted by atomic mass is 10.0. The van der Waals surface area contributed by atoms with Crippen molar-refractivity contribution in [1.82, 2.24) is 0 Å². The number of methoxy groups -OCH3 is 1. The highest BCUT2D eigenvalue weighted by Crippen LogP contribution is 2.26. The van der Waals surface area contributed by atoms with Crippen LogP contribution in [0.1, 0.15) is 28.4 Å². The van der Waals surface area contributed by atoms with Crippen LogP contribution in [0.2, 0.25) is 0 Å². The van der Waals surface area contributed by atoms with Crippen molar-refractivity contribution in [1.29, 1.82) is 5.26 Å². The first kappa shape index (κ1) is 11.1. The van der Waals surface area contributed by atoms with Gasteiger partial charge in [0.1, 0.15) is 11.3 Å². The van der Waals surface area contributed by atoms with Crippen LogP contribution in [0.3, 0.4) is 0 Å². The van der Waals surface area contributed by atoms with Crippen LogP contribution >= 0.6 is 0 Å². The number of nitrogens with zero attached hydrogens (tertiary/aromatic N) is 1. The summed E-state index contributed by atoms with van der Waals surface area (Å²) in [4.78, 5) is 10.9. The van der Waals surface area contributed by atoms with Gasteiger partial charge in [0.15, 0.2) is 0 Å². The van der Waals surface area contributed by atoms with E-state index in [2.05, 4.69) is 0 Å². The molecule has 78 valence electrons. The summed E-state index contributed by atoms with van der Waals surface area (Å²) >= 11 is 0. The van der Waals surface area contributed by atoms with Crippen LogP contribution in [0.4, 0.5) is 0 Å². The highest BCUT2D eigenvalue weighted by Gasteiger charge is 2.15. The lowest BCUT2D eigenvalue weighted by Gasteiger charge is -2.10. The maximum absolute atomic E-state index is 10.9. The van der Waals surface area contributed by atoms with Crippen molar-refractivity contribution < 1.29 is 14.6 Å². The van der Waals surface area contributed by atoms with E-state index in [9.17, 15) is 4.79 Å². The van der Waals surface area contributed by atoms with Gasteiger partial charge in [-0.1, -0.05) is 6.92 Å². The smallest absolute Gasteiger partial charge is 0.339 e. The Morgan fingerprint density at radius 3 is 2.67 bits per heavy atom. The Morgan fingerprint density at radius 1 is 1.60 bits per heavy atom. The molecule has 1 aromatic carbocycles. The molecule has 0 unspecified atom stereocenters. The highest BCUT2D eigenvalue weighted by atomic mass is 16.5. The lowest BCUT2D eigenvalue weighted by Crippen LogP contribution is -2.04. The van der Waals surface area contributed by atoms with Crippen molar-refractivity contribution in [3.63, 3.8) is 0 Å². The predicted octanol–water partition coefficient (Wildman–Crippen LogP) is 1.83. The zero-order valence-corrected chi connectivity index (χ0v) is 8.57. The number of benzene rings is 1. The van der Waals surface area contributed by atoms with Crippen LogP contribution < -0.4 is 4.74 Å². The summed E-state index contributed by atoms with van der Waals surface area (Å²) in [7, 11) is 1.42. The molecule has 0 fully saturated rings. The van der Waals surface area contributed by atoms with Crippen molar-refractivity contribution in [2.75, 3.05) is 7.11 Å². The second kappa shape index (κ2) is 4.47. The second-order valence-electron chi connectivity index (χ2n) is 2.99. The molecular weight excluding hydrogens is 194 g/mol. The highest BCUT2D eigenvalue weighted by molar-refractivity contribution is 5.92. The molecule has 4 nitrogen and oxygen atoms in total. The number of hydrogen-bond donors (Lipinski definition) is 1. The van der Waals surface area contributed by atoms with E-state index in [0.29, 0.717) is 17.7 Å². The van der Waals surface area contributed by atoms with Gasteiger partial charge in [-0.3, -0.25) is 0 Å². The molecule has 1 N–H and O–H groups in total. The zero-order valence-electron chi connectivity index (χ0n) is 8.57. The monoisotopic (exact) mass is 205 g/mol. The van der Waals surface area contributed by atoms with Gasteiger partial charge in [0.25, 0.3) is 0 Å². The van der Waals surface area contributed by atoms with E-state index in [1.807, 2.05) is 13.0 Å². The molecule has 1 aromatic rings. The van der Waals surface area contributed by atoms with Gasteiger partial charge in [-0.25, -0.2) is 4.79 Å². The molecule has 0 saturated carbocycles. The topological polar surface area (TPSA) is 70.3 Å². The quantitative estimate of drug-likeness (QED) is 0.817. The molecular formula is C11H11NO3. The van der Waals surface area contributed by atoms with Gasteiger partial charge >= 0.3 is 5.97 Å². The van der Waals surface area contributed by atoms with Crippen LogP contribution in [-0.2, 0) is 6.42 Å². The van der Waals surface area contributed by atoms with E-state index in [1.165, 1.54) is 13.2 Å². The molecule has 0 amide bonds. The second-order valence-corrected chi connectivity index (χ2v) is 2.99. The van der Waals surface area contributed by atoms with Crippen molar-refractivity contribution in [3.8, 4) is 11.8 Å². The number of hydrogen-bond acceptors (Lipinski definition) is 3. The molecule has 15 heavy (non-hydrogen) atoms. The van der Waals surface area contributed by atoms with Crippen molar-refractivity contribution in [2.45, 2.75) is 13.3 Å². The fourth-order valence-electron chi connectivity index (χ4n) is 1.42. The average Bonchev–Trinajstić information content (AvgIpc) is 2.26. The van der Waals surface area contributed by atoms with Crippen molar-refractivity contribution in [3.05, 3.63) is 28.8 Å². The third-order valence-corrected chi connectivity index (χ3v) is 2.11. The molecule has 0 aromatic heterocycles. The van der Waals surface area contributed by atoms with Gasteiger partial charge in [0, 0.05) is 0 Å². The number of carboxylic acids is 1. The van der Waals surface area contributed by atoms with Crippen LogP contribution in [0.5, 0.6) is 5.75 Å². The van der Waals surface area contributed by atoms with E-state index in [4.69, 9.17) is 15.1 Å². The van der Waals surface area contributed by atoms with Crippen LogP contribution in [-0.4, -0.2) is 18.2 Å². The van der Waals surface area contributed by atoms with Crippen LogP contribution in [0.15, 0.2) is 12.1 Å². The SMILES string of the molecule is CCc1cc(C#N)cc(C(=O)O)c1OC. The Hall–Kier alpha value is -2.02. The normalized spacial score (nSPS) is 9.40. The molecule has 0 spiro atoms. The lowest BCUT2D eigenvalue weighted by molar-refractivity contribution is 0.0693. The third-order valence-electron chi connectivity index (χ3n) is 2.11. The Labute approximate surface area is 87.7 Å². The van der Waals surface area contributed by atoms with E-state index in [1.54, 1.807) is 6.07 Å². The number of aromatic carboxylic acids is 1. The van der Waals surface area contributed by atoms with Crippen molar-refractivity contribution >= 4 is 5.97 Å². The molecule has 0 radical (unpaired) electrons. The van der Waals surface area contributed by atoms with Gasteiger partial charge in [-0.05, 0) is 24.1 Å². The van der Waals surface area contributed by atoms with Gasteiger partial charge in [-0.2, -0.15) is 5.26 Å². The fraction of sp³-hybridized carbons (Fsp3) is 0.273. The minimum absolute atomic E-state index is 0.0356. The number of aryl methyl sites for hydroxylation is 1. The molecule has 0 saturated heterocycles. The summed E-state index contributed by atoms with van der Waals surface area (Å²) in [6, 6.07) is 4.89. The molecule has 0 aliphatic rings. The molecule has 0 heterocycles. The van der Waals surface area contributed by atoms with Crippen LogP contribution in [0, 0.1) is 11.3 Å². The molecule has 4 heteroatoms. The summed E-state index contributed by atoms with van der Waals surface area (Å²) in [5, 5.41) is 17.7. The minimum atomic E-state index is -1.08. The zero-order chi connectivity index (χ0) is 11.4. The number of ether oxygens (including phenoxy) is 1. The van der Waals surface area contributed by atoms with E-state index >= 15 is 0 Å². The summed E-state index contributed by atoms with van der Waals surface area (Å²) < 4.78 is 5.04. The van der Waals surface area contributed by atoms with Crippen LogP contribution in [0.25, 0.3) is 0 Å². The number of carboxylic acid groups (broad SMARTS) is 1. The maximum Gasteiger partial charge on any atom is 0.339 e. The van der Waals surface area contributed by atoms with Gasteiger partial charge in [0.2, 0.25) is 0 Å². The third kappa shape index (κ3) is 2.08. The van der Waals surface area contributed by atoms with Gasteiger partial charge < -0.3 is 9.84 Å². The first-order chi connectivity index (χ1) is 7.13. The Kier molecular flexibility index (Phi) is 3.29. The Balaban J connectivity index is 3.47. The Morgan fingerprint density at radius 2 is 2.27 bits per heavy atom. The summed E-state index contributed by atoms with van der Waals surface area (Å²) in [5.74, 6) is -0.748. The van der Waals surface area contributed by atoms with E-state index in [-0.39, 0.29) is 5.56 Å². The standard InChI is InChI=1S/C11H11NO3/c1-3-8-4-7(6-12)5-9(11(13)14)10(8)15-2/h4-5H,3H2,1-2H3,(H,13,14). The summed E-state index contributed by atoms with van der Waals surface area (Å²) in [6.45, 7) is 1.88. The first-order valence-electron chi connectivity index (χ1n) is 4.48. The Bertz CT molecular complexity index is 432. The van der Waals surface area contributed by atoms with Gasteiger partial charge in [0.05, 0.1) is 18.7 Å². The summed E-state index contributed by atoms with van der Waals surface area (Å²) in [5.41, 5.74) is 1.10. The van der Waals surface area contributed by atoms with E-state index < -0.39 is 5.97 Å². The molecule has 0 atom stereocenters. The fourth-order valence-corrected chi connectivity index (χ4v) is 1.42. The number of rotatable bonds is 3. The van der Waals surface area contributed by atoms with Crippen molar-refractivity contribution in [2.24, 2.45) is 0 Å². The number of carbonyl (C=O) groups is 1. The summed E-state index contributed by atoms with van der Waals surface area (Å²) in [6.07, 6.45) is 0.624. The molecule has 0 bridgehead atoms. The first-order valence-corrected chi connectivity index (χ1v) is 4.48.